The molecule has 0 amide bonds. The highest BCUT2D eigenvalue weighted by Gasteiger charge is 2.03. The standard InChI is InChI=1S/C10H10N2.2HI.2H2O/c11-9-5-1-3-7-8(9)4-2-6-10(7)12;;;;/h1-6H,11-12H2;2*1H;2*1H2. The summed E-state index contributed by atoms with van der Waals surface area (Å²) in [4.78, 5) is 0. The minimum absolute atomic E-state index is 0. The van der Waals surface area contributed by atoms with Gasteiger partial charge in [0.2, 0.25) is 0 Å². The summed E-state index contributed by atoms with van der Waals surface area (Å²) in [7, 11) is 0. The average molecular weight is 450 g/mol. The monoisotopic (exact) mass is 450 g/mol. The number of fused-ring (bicyclic) bond motifs is 1. The first-order valence-corrected chi connectivity index (χ1v) is 3.95. The molecule has 2 aromatic rings. The van der Waals surface area contributed by atoms with Crippen molar-refractivity contribution in [3.05, 3.63) is 36.4 Å². The highest BCUT2D eigenvalue weighted by atomic mass is 127. The van der Waals surface area contributed by atoms with Crippen molar-refractivity contribution in [2.24, 2.45) is 0 Å². The minimum Gasteiger partial charge on any atom is -1.00 e. The van der Waals surface area contributed by atoms with Crippen LogP contribution in [0.15, 0.2) is 36.4 Å². The second-order valence-electron chi connectivity index (χ2n) is 2.93. The van der Waals surface area contributed by atoms with Gasteiger partial charge in [0, 0.05) is 10.8 Å². The summed E-state index contributed by atoms with van der Waals surface area (Å²) in [5.74, 6) is 0. The van der Waals surface area contributed by atoms with Gasteiger partial charge in [-0.25, -0.2) is 0 Å². The van der Waals surface area contributed by atoms with Crippen molar-refractivity contribution in [3.8, 4) is 0 Å². The molecular weight excluding hydrogens is 434 g/mol. The lowest BCUT2D eigenvalue weighted by molar-refractivity contribution is -0.255. The third kappa shape index (κ3) is 4.11. The summed E-state index contributed by atoms with van der Waals surface area (Å²) in [6.07, 6.45) is 0. The molecule has 0 saturated heterocycles. The highest BCUT2D eigenvalue weighted by Crippen LogP contribution is 2.23. The zero-order valence-corrected chi connectivity index (χ0v) is 12.9. The molecule has 0 radical (unpaired) electrons. The van der Waals surface area contributed by atoms with Gasteiger partial charge in [0.25, 0.3) is 0 Å². The largest absolute Gasteiger partial charge is 1.00 e. The van der Waals surface area contributed by atoms with Crippen molar-refractivity contribution in [2.75, 3.05) is 0 Å². The lowest BCUT2D eigenvalue weighted by Gasteiger charge is -1.98. The quantitative estimate of drug-likeness (QED) is 0.372. The molecule has 0 atom stereocenters. The lowest BCUT2D eigenvalue weighted by atomic mass is 10.1. The molecular formula is C10H16I2N2O2. The van der Waals surface area contributed by atoms with Gasteiger partial charge >= 0.3 is 0 Å². The first-order valence-electron chi connectivity index (χ1n) is 3.95. The van der Waals surface area contributed by atoms with Gasteiger partial charge in [-0.15, -0.1) is 0 Å². The van der Waals surface area contributed by atoms with E-state index in [0.717, 1.165) is 11.4 Å². The van der Waals surface area contributed by atoms with Crippen LogP contribution < -0.4 is 59.4 Å². The molecule has 0 aliphatic rings. The van der Waals surface area contributed by atoms with Gasteiger partial charge < -0.3 is 70.4 Å². The Morgan fingerprint density at radius 1 is 0.625 bits per heavy atom. The minimum atomic E-state index is 0. The van der Waals surface area contributed by atoms with Crippen LogP contribution in [-0.4, -0.2) is 11.0 Å². The molecule has 6 heteroatoms. The number of halogens is 2. The van der Waals surface area contributed by atoms with Gasteiger partial charge in [0.15, 0.2) is 0 Å². The Morgan fingerprint density at radius 3 is 1.25 bits per heavy atom. The maximum atomic E-state index is 3.96. The van der Waals surface area contributed by atoms with Crippen molar-refractivity contribution >= 4 is 22.1 Å². The second-order valence-corrected chi connectivity index (χ2v) is 2.93. The van der Waals surface area contributed by atoms with E-state index in [4.69, 9.17) is 0 Å². The molecule has 0 fully saturated rings. The maximum Gasteiger partial charge on any atom is 0.136 e. The van der Waals surface area contributed by atoms with E-state index in [1.807, 2.05) is 24.3 Å². The Hall–Kier alpha value is 0. The van der Waals surface area contributed by atoms with Gasteiger partial charge in [0.1, 0.15) is 11.4 Å². The van der Waals surface area contributed by atoms with Crippen molar-refractivity contribution in [3.63, 3.8) is 0 Å². The summed E-state index contributed by atoms with van der Waals surface area (Å²) in [6.45, 7) is 0. The van der Waals surface area contributed by atoms with Crippen molar-refractivity contribution < 1.29 is 70.4 Å². The summed E-state index contributed by atoms with van der Waals surface area (Å²) < 4.78 is 0. The van der Waals surface area contributed by atoms with Crippen LogP contribution >= 0.6 is 0 Å². The highest BCUT2D eigenvalue weighted by molar-refractivity contribution is 5.96. The Balaban J connectivity index is -0.000000422. The summed E-state index contributed by atoms with van der Waals surface area (Å²) >= 11 is 0. The van der Waals surface area contributed by atoms with Crippen molar-refractivity contribution in [1.29, 1.82) is 0 Å². The van der Waals surface area contributed by atoms with E-state index in [0.29, 0.717) is 0 Å². The normalized spacial score (nSPS) is 7.88. The summed E-state index contributed by atoms with van der Waals surface area (Å²) in [6, 6.07) is 12.2. The topological polar surface area (TPSA) is 118 Å². The average Bonchev–Trinajstić information content (AvgIpc) is 2.07. The number of benzene rings is 2. The van der Waals surface area contributed by atoms with Crippen molar-refractivity contribution in [1.82, 2.24) is 0 Å². The van der Waals surface area contributed by atoms with Crippen LogP contribution in [0.2, 0.25) is 0 Å². The van der Waals surface area contributed by atoms with Gasteiger partial charge in [-0.3, -0.25) is 0 Å². The molecule has 0 aliphatic heterocycles. The molecule has 10 N–H and O–H groups in total. The third-order valence-corrected chi connectivity index (χ3v) is 2.10. The van der Waals surface area contributed by atoms with Gasteiger partial charge in [-0.1, -0.05) is 12.1 Å². The summed E-state index contributed by atoms with van der Waals surface area (Å²) in [5.41, 5.74) is 10.1. The first kappa shape index (κ1) is 21.3. The van der Waals surface area contributed by atoms with Gasteiger partial charge in [0.05, 0.1) is 0 Å². The fourth-order valence-electron chi connectivity index (χ4n) is 1.44. The molecule has 92 valence electrons. The zero-order valence-electron chi connectivity index (χ0n) is 8.63. The molecule has 0 heterocycles. The maximum absolute atomic E-state index is 3.96. The molecule has 4 nitrogen and oxygen atoms in total. The number of hydrogen-bond acceptors (Lipinski definition) is 0. The van der Waals surface area contributed by atoms with E-state index in [1.54, 1.807) is 0 Å². The van der Waals surface area contributed by atoms with Crippen LogP contribution in [0.5, 0.6) is 0 Å². The lowest BCUT2D eigenvalue weighted by Crippen LogP contribution is -3.00. The Kier molecular flexibility index (Phi) is 12.1. The molecule has 0 unspecified atom stereocenters. The molecule has 0 aromatic heterocycles. The molecule has 0 spiro atoms. The Labute approximate surface area is 128 Å². The van der Waals surface area contributed by atoms with Crippen LogP contribution in [0.3, 0.4) is 0 Å². The predicted molar refractivity (Wildman–Crippen MR) is 56.3 cm³/mol. The number of rotatable bonds is 0. The predicted octanol–water partition coefficient (Wildman–Crippen LogP) is -7.05. The SMILES string of the molecule is O.O.[I-].[I-].[NH3+]c1cccc2c([NH3+])cccc12. The van der Waals surface area contributed by atoms with E-state index in [9.17, 15) is 0 Å². The number of hydrogen-bond donors (Lipinski definition) is 2. The van der Waals surface area contributed by atoms with Crippen LogP contribution in [0.4, 0.5) is 11.4 Å². The van der Waals surface area contributed by atoms with E-state index < -0.39 is 0 Å². The van der Waals surface area contributed by atoms with Gasteiger partial charge in [-0.2, -0.15) is 0 Å². The number of quaternary nitrogens is 2. The van der Waals surface area contributed by atoms with Crippen LogP contribution in [0.1, 0.15) is 0 Å². The van der Waals surface area contributed by atoms with E-state index in [1.165, 1.54) is 10.8 Å². The Morgan fingerprint density at radius 2 is 0.938 bits per heavy atom. The van der Waals surface area contributed by atoms with Crippen LogP contribution in [-0.2, 0) is 0 Å². The first-order chi connectivity index (χ1) is 5.79. The molecule has 2 aromatic carbocycles. The van der Waals surface area contributed by atoms with E-state index in [2.05, 4.69) is 23.6 Å². The van der Waals surface area contributed by atoms with Crippen LogP contribution in [0, 0.1) is 0 Å². The zero-order chi connectivity index (χ0) is 8.55. The molecule has 2 rings (SSSR count). The van der Waals surface area contributed by atoms with Crippen molar-refractivity contribution in [2.45, 2.75) is 0 Å². The third-order valence-electron chi connectivity index (χ3n) is 2.10. The molecule has 16 heavy (non-hydrogen) atoms. The molecule has 0 aliphatic carbocycles. The fourth-order valence-corrected chi connectivity index (χ4v) is 1.44. The second kappa shape index (κ2) is 9.07. The van der Waals surface area contributed by atoms with E-state index >= 15 is 0 Å². The molecule has 0 bridgehead atoms. The summed E-state index contributed by atoms with van der Waals surface area (Å²) in [5, 5.41) is 2.40. The Bertz CT molecular complexity index is 397. The smallest absolute Gasteiger partial charge is 0.136 e. The van der Waals surface area contributed by atoms with E-state index in [-0.39, 0.29) is 58.9 Å². The molecule has 0 saturated carbocycles. The van der Waals surface area contributed by atoms with Gasteiger partial charge in [-0.05, 0) is 24.3 Å². The fraction of sp³-hybridized carbons (Fsp3) is 0. The van der Waals surface area contributed by atoms with Crippen LogP contribution in [0.25, 0.3) is 10.8 Å².